The largest absolute Gasteiger partial charge is 0.481 e. The summed E-state index contributed by atoms with van der Waals surface area (Å²) in [7, 11) is 0. The molecule has 1 aromatic carbocycles. The fourth-order valence-corrected chi connectivity index (χ4v) is 1.93. The molecule has 1 N–H and O–H groups in total. The molecule has 0 amide bonds. The molecular formula is C11H14BrClO2. The SMILES string of the molecule is CC(C)C(C(=O)O)c1cccc(Br)c1.Cl. The summed E-state index contributed by atoms with van der Waals surface area (Å²) in [5.74, 6) is -1.09. The van der Waals surface area contributed by atoms with Crippen molar-refractivity contribution in [1.82, 2.24) is 0 Å². The molecule has 0 radical (unpaired) electrons. The van der Waals surface area contributed by atoms with Crippen LogP contribution in [0.5, 0.6) is 0 Å². The monoisotopic (exact) mass is 292 g/mol. The first-order valence-corrected chi connectivity index (χ1v) is 5.30. The van der Waals surface area contributed by atoms with Gasteiger partial charge in [0.05, 0.1) is 5.92 Å². The van der Waals surface area contributed by atoms with Gasteiger partial charge < -0.3 is 5.11 Å². The molecule has 84 valence electrons. The highest BCUT2D eigenvalue weighted by Crippen LogP contribution is 2.26. The fraction of sp³-hybridized carbons (Fsp3) is 0.364. The normalized spacial score (nSPS) is 12.0. The molecule has 1 rings (SSSR count). The molecule has 0 aliphatic rings. The third-order valence-electron chi connectivity index (χ3n) is 2.14. The summed E-state index contributed by atoms with van der Waals surface area (Å²) < 4.78 is 0.918. The van der Waals surface area contributed by atoms with E-state index in [2.05, 4.69) is 15.9 Å². The summed E-state index contributed by atoms with van der Waals surface area (Å²) >= 11 is 3.34. The van der Waals surface area contributed by atoms with Crippen molar-refractivity contribution in [2.75, 3.05) is 0 Å². The lowest BCUT2D eigenvalue weighted by Crippen LogP contribution is -2.17. The van der Waals surface area contributed by atoms with Crippen LogP contribution in [0.1, 0.15) is 25.3 Å². The van der Waals surface area contributed by atoms with Crippen LogP contribution in [-0.4, -0.2) is 11.1 Å². The fourth-order valence-electron chi connectivity index (χ4n) is 1.51. The van der Waals surface area contributed by atoms with Gasteiger partial charge in [0, 0.05) is 4.47 Å². The van der Waals surface area contributed by atoms with Gasteiger partial charge in [-0.15, -0.1) is 12.4 Å². The zero-order chi connectivity index (χ0) is 10.7. The summed E-state index contributed by atoms with van der Waals surface area (Å²) in [5, 5.41) is 9.07. The van der Waals surface area contributed by atoms with E-state index >= 15 is 0 Å². The van der Waals surface area contributed by atoms with Crippen molar-refractivity contribution in [2.24, 2.45) is 5.92 Å². The lowest BCUT2D eigenvalue weighted by atomic mass is 9.89. The number of halogens is 2. The van der Waals surface area contributed by atoms with E-state index in [4.69, 9.17) is 5.11 Å². The zero-order valence-corrected chi connectivity index (χ0v) is 11.0. The van der Waals surface area contributed by atoms with E-state index < -0.39 is 11.9 Å². The average Bonchev–Trinajstić information content (AvgIpc) is 2.02. The highest BCUT2D eigenvalue weighted by molar-refractivity contribution is 9.10. The summed E-state index contributed by atoms with van der Waals surface area (Å²) in [6.07, 6.45) is 0. The van der Waals surface area contributed by atoms with Crippen LogP contribution in [0.4, 0.5) is 0 Å². The lowest BCUT2D eigenvalue weighted by Gasteiger charge is -2.16. The molecule has 2 nitrogen and oxygen atoms in total. The molecule has 1 aromatic rings. The van der Waals surface area contributed by atoms with E-state index in [0.717, 1.165) is 10.0 Å². The quantitative estimate of drug-likeness (QED) is 0.923. The van der Waals surface area contributed by atoms with Crippen LogP contribution < -0.4 is 0 Å². The second kappa shape index (κ2) is 6.13. The van der Waals surface area contributed by atoms with Gasteiger partial charge in [-0.1, -0.05) is 41.9 Å². The Kier molecular flexibility index (Phi) is 5.91. The second-order valence-electron chi connectivity index (χ2n) is 3.61. The standard InChI is InChI=1S/C11H13BrO2.ClH/c1-7(2)10(11(13)14)8-4-3-5-9(12)6-8;/h3-7,10H,1-2H3,(H,13,14);1H. The molecule has 0 fully saturated rings. The van der Waals surface area contributed by atoms with Crippen molar-refractivity contribution in [3.8, 4) is 0 Å². The molecule has 0 saturated carbocycles. The summed E-state index contributed by atoms with van der Waals surface area (Å²) in [6, 6.07) is 7.46. The Bertz CT molecular complexity index is 339. The van der Waals surface area contributed by atoms with Crippen LogP contribution in [0.15, 0.2) is 28.7 Å². The number of carboxylic acid groups (broad SMARTS) is 1. The van der Waals surface area contributed by atoms with Gasteiger partial charge in [-0.2, -0.15) is 0 Å². The Hall–Kier alpha value is -0.540. The number of aliphatic carboxylic acids is 1. The number of hydrogen-bond acceptors (Lipinski definition) is 1. The van der Waals surface area contributed by atoms with Crippen molar-refractivity contribution < 1.29 is 9.90 Å². The number of hydrogen-bond donors (Lipinski definition) is 1. The van der Waals surface area contributed by atoms with Crippen molar-refractivity contribution in [3.05, 3.63) is 34.3 Å². The van der Waals surface area contributed by atoms with Crippen LogP contribution in [0.3, 0.4) is 0 Å². The van der Waals surface area contributed by atoms with Crippen LogP contribution in [0.25, 0.3) is 0 Å². The molecule has 0 saturated heterocycles. The van der Waals surface area contributed by atoms with E-state index in [-0.39, 0.29) is 18.3 Å². The average molecular weight is 294 g/mol. The third kappa shape index (κ3) is 3.84. The Balaban J connectivity index is 0.00000196. The number of carboxylic acids is 1. The van der Waals surface area contributed by atoms with Gasteiger partial charge in [0.25, 0.3) is 0 Å². The summed E-state index contributed by atoms with van der Waals surface area (Å²) in [6.45, 7) is 3.83. The van der Waals surface area contributed by atoms with Crippen molar-refractivity contribution in [1.29, 1.82) is 0 Å². The van der Waals surface area contributed by atoms with Gasteiger partial charge in [-0.05, 0) is 23.6 Å². The Morgan fingerprint density at radius 1 is 1.40 bits per heavy atom. The first kappa shape index (κ1) is 14.5. The van der Waals surface area contributed by atoms with Crippen molar-refractivity contribution >= 4 is 34.3 Å². The van der Waals surface area contributed by atoms with Crippen LogP contribution in [0.2, 0.25) is 0 Å². The third-order valence-corrected chi connectivity index (χ3v) is 2.63. The zero-order valence-electron chi connectivity index (χ0n) is 8.61. The minimum Gasteiger partial charge on any atom is -0.481 e. The predicted molar refractivity (Wildman–Crippen MR) is 66.6 cm³/mol. The molecule has 1 atom stereocenters. The topological polar surface area (TPSA) is 37.3 Å². The van der Waals surface area contributed by atoms with Gasteiger partial charge in [0.1, 0.15) is 0 Å². The van der Waals surface area contributed by atoms with E-state index in [9.17, 15) is 4.79 Å². The predicted octanol–water partition coefficient (Wildman–Crippen LogP) is 3.70. The molecule has 0 heterocycles. The Morgan fingerprint density at radius 3 is 2.40 bits per heavy atom. The number of benzene rings is 1. The van der Waals surface area contributed by atoms with Crippen molar-refractivity contribution in [2.45, 2.75) is 19.8 Å². The first-order valence-electron chi connectivity index (χ1n) is 4.50. The number of rotatable bonds is 3. The summed E-state index contributed by atoms with van der Waals surface area (Å²) in [4.78, 5) is 11.0. The van der Waals surface area contributed by atoms with E-state index in [1.807, 2.05) is 38.1 Å². The Morgan fingerprint density at radius 2 is 2.00 bits per heavy atom. The lowest BCUT2D eigenvalue weighted by molar-refractivity contribution is -0.139. The minimum absolute atomic E-state index is 0. The highest BCUT2D eigenvalue weighted by atomic mass is 79.9. The van der Waals surface area contributed by atoms with Gasteiger partial charge in [0.15, 0.2) is 0 Å². The maximum absolute atomic E-state index is 11.0. The van der Waals surface area contributed by atoms with E-state index in [0.29, 0.717) is 0 Å². The minimum atomic E-state index is -0.766. The van der Waals surface area contributed by atoms with Gasteiger partial charge in [-0.3, -0.25) is 4.79 Å². The molecule has 15 heavy (non-hydrogen) atoms. The molecule has 0 spiro atoms. The molecular weight excluding hydrogens is 279 g/mol. The molecule has 0 aliphatic carbocycles. The molecule has 0 bridgehead atoms. The maximum atomic E-state index is 11.0. The first-order chi connectivity index (χ1) is 6.52. The van der Waals surface area contributed by atoms with Crippen LogP contribution >= 0.6 is 28.3 Å². The highest BCUT2D eigenvalue weighted by Gasteiger charge is 2.23. The second-order valence-corrected chi connectivity index (χ2v) is 4.53. The molecule has 0 aromatic heterocycles. The maximum Gasteiger partial charge on any atom is 0.311 e. The van der Waals surface area contributed by atoms with Gasteiger partial charge in [0.2, 0.25) is 0 Å². The van der Waals surface area contributed by atoms with E-state index in [1.165, 1.54) is 0 Å². The van der Waals surface area contributed by atoms with E-state index in [1.54, 1.807) is 0 Å². The molecule has 4 heteroatoms. The molecule has 0 aliphatic heterocycles. The van der Waals surface area contributed by atoms with Crippen LogP contribution in [0, 0.1) is 5.92 Å². The van der Waals surface area contributed by atoms with Gasteiger partial charge in [-0.25, -0.2) is 0 Å². The van der Waals surface area contributed by atoms with Gasteiger partial charge >= 0.3 is 5.97 Å². The molecule has 1 unspecified atom stereocenters. The van der Waals surface area contributed by atoms with Crippen molar-refractivity contribution in [3.63, 3.8) is 0 Å². The Labute approximate surface area is 104 Å². The van der Waals surface area contributed by atoms with Crippen LogP contribution in [-0.2, 0) is 4.79 Å². The summed E-state index contributed by atoms with van der Waals surface area (Å²) in [5.41, 5.74) is 0.849. The number of carbonyl (C=O) groups is 1. The smallest absolute Gasteiger partial charge is 0.311 e.